The van der Waals surface area contributed by atoms with E-state index in [1.54, 1.807) is 19.1 Å². The van der Waals surface area contributed by atoms with Crippen LogP contribution in [0.2, 0.25) is 0 Å². The molecule has 59 heavy (non-hydrogen) atoms. The van der Waals surface area contributed by atoms with E-state index < -0.39 is 23.3 Å². The molecule has 1 N–H and O–H groups in total. The first-order chi connectivity index (χ1) is 28.6. The van der Waals surface area contributed by atoms with Gasteiger partial charge in [0, 0.05) is 41.3 Å². The molecule has 6 rings (SSSR count). The lowest BCUT2D eigenvalue weighted by atomic mass is 9.98. The van der Waals surface area contributed by atoms with Crippen LogP contribution in [0.1, 0.15) is 64.0 Å². The summed E-state index contributed by atoms with van der Waals surface area (Å²) in [5, 5.41) is 12.3. The minimum atomic E-state index is -0.716. The van der Waals surface area contributed by atoms with Gasteiger partial charge in [0.25, 0.3) is 0 Å². The van der Waals surface area contributed by atoms with Gasteiger partial charge in [0.15, 0.2) is 0 Å². The Labute approximate surface area is 344 Å². The van der Waals surface area contributed by atoms with E-state index in [1.807, 2.05) is 84.9 Å². The number of rotatable bonds is 21. The lowest BCUT2D eigenvalue weighted by Crippen LogP contribution is -2.25. The zero-order chi connectivity index (χ0) is 41.7. The third kappa shape index (κ3) is 11.4. The number of ether oxygens (including phenoxy) is 4. The van der Waals surface area contributed by atoms with Crippen molar-refractivity contribution in [3.8, 4) is 33.8 Å². The summed E-state index contributed by atoms with van der Waals surface area (Å²) < 4.78 is 35.1. The van der Waals surface area contributed by atoms with Crippen LogP contribution in [-0.2, 0) is 27.1 Å². The number of hydrogen-bond acceptors (Lipinski definition) is 10. The summed E-state index contributed by atoms with van der Waals surface area (Å²) in [5.41, 5.74) is 5.31. The van der Waals surface area contributed by atoms with Crippen molar-refractivity contribution in [3.63, 3.8) is 0 Å². The number of esters is 1. The molecular weight excluding hydrogens is 749 g/mol. The second-order valence-electron chi connectivity index (χ2n) is 14.6. The van der Waals surface area contributed by atoms with Crippen molar-refractivity contribution in [3.05, 3.63) is 141 Å². The minimum absolute atomic E-state index is 0.103. The van der Waals surface area contributed by atoms with Gasteiger partial charge >= 0.3 is 17.2 Å². The highest BCUT2D eigenvalue weighted by Gasteiger charge is 2.17. The third-order valence-corrected chi connectivity index (χ3v) is 10.2. The van der Waals surface area contributed by atoms with E-state index in [1.165, 1.54) is 0 Å². The molecule has 0 aliphatic rings. The van der Waals surface area contributed by atoms with Crippen LogP contribution in [-0.4, -0.2) is 49.7 Å². The first-order valence-electron chi connectivity index (χ1n) is 20.3. The van der Waals surface area contributed by atoms with Gasteiger partial charge in [-0.15, -0.1) is 0 Å². The molecule has 6 aromatic rings. The average Bonchev–Trinajstić information content (AvgIpc) is 3.24. The van der Waals surface area contributed by atoms with E-state index in [4.69, 9.17) is 27.8 Å². The molecule has 2 aromatic heterocycles. The molecule has 0 aliphatic carbocycles. The predicted molar refractivity (Wildman–Crippen MR) is 230 cm³/mol. The van der Waals surface area contributed by atoms with Crippen molar-refractivity contribution in [2.75, 3.05) is 26.4 Å². The molecule has 4 aromatic carbocycles. The molecule has 0 spiro atoms. The van der Waals surface area contributed by atoms with Gasteiger partial charge in [-0.1, -0.05) is 69.0 Å². The van der Waals surface area contributed by atoms with Gasteiger partial charge in [-0.05, 0) is 97.7 Å². The standard InChI is InChI=1S/C49H52O10/c1-5-33-13-7-9-16-41(33)43-27-35-18-20-39(29-45(35)58-48(43)52)54-25-22-38(57-31-37(50)15-11-12-24-56-47(51)32(3)4)23-26-55-40-21-19-36-28-44(49(53)59-46(36)30-40)42-17-10-8-14-34(42)6-2/h7-10,13-14,16-21,27-30,37-38,50H,3,5-6,11-12,15,22-26,31H2,1-2,4H3. The maximum atomic E-state index is 13.1. The number of aryl methyl sites for hydroxylation is 2. The molecule has 2 heterocycles. The molecule has 0 aliphatic heterocycles. The summed E-state index contributed by atoms with van der Waals surface area (Å²) in [7, 11) is 0. The van der Waals surface area contributed by atoms with E-state index >= 15 is 0 Å². The van der Waals surface area contributed by atoms with E-state index in [2.05, 4.69) is 20.4 Å². The smallest absolute Gasteiger partial charge is 0.344 e. The number of carbonyl (C=O) groups excluding carboxylic acids is 1. The Morgan fingerprint density at radius 2 is 1.17 bits per heavy atom. The molecule has 10 heteroatoms. The number of carbonyl (C=O) groups is 1. The van der Waals surface area contributed by atoms with Gasteiger partial charge in [-0.2, -0.15) is 0 Å². The molecule has 308 valence electrons. The Hall–Kier alpha value is -5.97. The lowest BCUT2D eigenvalue weighted by Gasteiger charge is -2.21. The van der Waals surface area contributed by atoms with Crippen molar-refractivity contribution < 1.29 is 37.7 Å². The predicted octanol–water partition coefficient (Wildman–Crippen LogP) is 9.63. The number of unbranched alkanes of at least 4 members (excludes halogenated alkanes) is 1. The van der Waals surface area contributed by atoms with E-state index in [0.717, 1.165) is 45.9 Å². The molecule has 1 atom stereocenters. The van der Waals surface area contributed by atoms with Gasteiger partial charge in [0.05, 0.1) is 49.8 Å². The van der Waals surface area contributed by atoms with E-state index in [-0.39, 0.29) is 32.5 Å². The van der Waals surface area contributed by atoms with Crippen LogP contribution in [0.4, 0.5) is 0 Å². The molecule has 10 nitrogen and oxygen atoms in total. The monoisotopic (exact) mass is 800 g/mol. The molecule has 0 saturated heterocycles. The van der Waals surface area contributed by atoms with Gasteiger partial charge in [0.1, 0.15) is 22.7 Å². The van der Waals surface area contributed by atoms with Gasteiger partial charge in [-0.25, -0.2) is 14.4 Å². The summed E-state index contributed by atoms with van der Waals surface area (Å²) >= 11 is 0. The number of aliphatic hydroxyl groups is 1. The Morgan fingerprint density at radius 1 is 0.661 bits per heavy atom. The highest BCUT2D eigenvalue weighted by molar-refractivity contribution is 5.87. The van der Waals surface area contributed by atoms with Crippen molar-refractivity contribution in [2.24, 2.45) is 0 Å². The maximum absolute atomic E-state index is 13.1. The summed E-state index contributed by atoms with van der Waals surface area (Å²) in [6.45, 7) is 10.2. The number of hydrogen-bond donors (Lipinski definition) is 1. The van der Waals surface area contributed by atoms with Crippen LogP contribution in [0.3, 0.4) is 0 Å². The van der Waals surface area contributed by atoms with Crippen molar-refractivity contribution in [1.29, 1.82) is 0 Å². The molecule has 0 saturated carbocycles. The van der Waals surface area contributed by atoms with Crippen LogP contribution >= 0.6 is 0 Å². The van der Waals surface area contributed by atoms with Crippen molar-refractivity contribution >= 4 is 27.9 Å². The van der Waals surface area contributed by atoms with Crippen molar-refractivity contribution in [2.45, 2.75) is 77.9 Å². The Bertz CT molecular complexity index is 2350. The first-order valence-corrected chi connectivity index (χ1v) is 20.3. The fourth-order valence-electron chi connectivity index (χ4n) is 6.95. The Morgan fingerprint density at radius 3 is 1.66 bits per heavy atom. The van der Waals surface area contributed by atoms with Gasteiger partial charge < -0.3 is 32.9 Å². The highest BCUT2D eigenvalue weighted by Crippen LogP contribution is 2.29. The average molecular weight is 801 g/mol. The topological polar surface area (TPSA) is 135 Å². The number of aliphatic hydroxyl groups excluding tert-OH is 1. The minimum Gasteiger partial charge on any atom is -0.493 e. The zero-order valence-electron chi connectivity index (χ0n) is 34.0. The Balaban J connectivity index is 1.08. The van der Waals surface area contributed by atoms with Crippen LogP contribution in [0.5, 0.6) is 11.5 Å². The summed E-state index contributed by atoms with van der Waals surface area (Å²) in [6.07, 6.45) is 3.25. The third-order valence-electron chi connectivity index (χ3n) is 10.2. The second kappa shape index (κ2) is 20.6. The van der Waals surface area contributed by atoms with Crippen LogP contribution in [0.15, 0.2) is 128 Å². The highest BCUT2D eigenvalue weighted by atomic mass is 16.5. The van der Waals surface area contributed by atoms with E-state index in [0.29, 0.717) is 71.5 Å². The summed E-state index contributed by atoms with van der Waals surface area (Å²) in [5.74, 6) is 0.667. The van der Waals surface area contributed by atoms with Gasteiger partial charge in [-0.3, -0.25) is 0 Å². The quantitative estimate of drug-likeness (QED) is 0.0325. The summed E-state index contributed by atoms with van der Waals surface area (Å²) in [4.78, 5) is 37.8. The molecular formula is C49H52O10. The van der Waals surface area contributed by atoms with E-state index in [9.17, 15) is 19.5 Å². The number of fused-ring (bicyclic) bond motifs is 2. The largest absolute Gasteiger partial charge is 0.493 e. The first kappa shape index (κ1) is 42.6. The van der Waals surface area contributed by atoms with Crippen molar-refractivity contribution in [1.82, 2.24) is 0 Å². The zero-order valence-corrected chi connectivity index (χ0v) is 34.0. The summed E-state index contributed by atoms with van der Waals surface area (Å²) in [6, 6.07) is 30.2. The molecule has 1 unspecified atom stereocenters. The Kier molecular flexibility index (Phi) is 14.9. The molecule has 0 fully saturated rings. The normalized spacial score (nSPS) is 11.9. The lowest BCUT2D eigenvalue weighted by molar-refractivity contribution is -0.139. The van der Waals surface area contributed by atoms with Crippen LogP contribution in [0.25, 0.3) is 44.2 Å². The molecule has 0 radical (unpaired) electrons. The molecule has 0 amide bonds. The fourth-order valence-corrected chi connectivity index (χ4v) is 6.95. The SMILES string of the molecule is C=C(C)C(=O)OCCCCC(O)COC(CCOc1ccc2cc(-c3ccccc3CC)c(=O)oc2c1)CCOc1ccc2cc(-c3ccccc3CC)c(=O)oc2c1. The van der Waals surface area contributed by atoms with Gasteiger partial charge in [0.2, 0.25) is 0 Å². The van der Waals surface area contributed by atoms with Crippen LogP contribution < -0.4 is 20.7 Å². The second-order valence-corrected chi connectivity index (χ2v) is 14.6. The molecule has 0 bridgehead atoms. The van der Waals surface area contributed by atoms with Crippen LogP contribution in [0, 0.1) is 0 Å². The number of benzene rings is 4. The maximum Gasteiger partial charge on any atom is 0.344 e. The fraction of sp³-hybridized carbons (Fsp3) is 0.327.